The molecule has 0 unspecified atom stereocenters. The fourth-order valence-electron chi connectivity index (χ4n) is 1.79. The van der Waals surface area contributed by atoms with Crippen LogP contribution in [0.4, 0.5) is 0 Å². The molecule has 0 heteroatoms. The van der Waals surface area contributed by atoms with E-state index in [0.29, 0.717) is 0 Å². The van der Waals surface area contributed by atoms with Gasteiger partial charge in [0, 0.05) is 1.37 Å². The lowest BCUT2D eigenvalue weighted by Gasteiger charge is -2.12. The molecule has 2 aromatic carbocycles. The minimum absolute atomic E-state index is 0.563. The third-order valence-electron chi connectivity index (χ3n) is 2.55. The minimum atomic E-state index is -0.563. The minimum Gasteiger partial charge on any atom is -0.0622 e. The van der Waals surface area contributed by atoms with Crippen molar-refractivity contribution in [2.75, 3.05) is 0 Å². The summed E-state index contributed by atoms with van der Waals surface area (Å²) >= 11 is 0. The third kappa shape index (κ3) is 2.10. The molecule has 0 nitrogen and oxygen atoms in total. The van der Waals surface area contributed by atoms with Crippen molar-refractivity contribution >= 4 is 0 Å². The first-order valence-electron chi connectivity index (χ1n) is 5.74. The van der Waals surface area contributed by atoms with Crippen LogP contribution >= 0.6 is 0 Å². The summed E-state index contributed by atoms with van der Waals surface area (Å²) in [5.74, 6) is -0.563. The third-order valence-corrected chi connectivity index (χ3v) is 2.55. The summed E-state index contributed by atoms with van der Waals surface area (Å²) in [5.41, 5.74) is 3.41. The van der Waals surface area contributed by atoms with Crippen LogP contribution in [0.3, 0.4) is 0 Å². The Kier molecular flexibility index (Phi) is 2.51. The van der Waals surface area contributed by atoms with Gasteiger partial charge in [0.2, 0.25) is 0 Å². The molecular formula is C15H16. The van der Waals surface area contributed by atoms with Gasteiger partial charge < -0.3 is 0 Å². The van der Waals surface area contributed by atoms with Gasteiger partial charge in [0.15, 0.2) is 0 Å². The Morgan fingerprint density at radius 3 is 2.13 bits per heavy atom. The highest BCUT2D eigenvalue weighted by Crippen LogP contribution is 2.28. The second kappa shape index (κ2) is 4.31. The molecule has 0 saturated heterocycles. The molecule has 0 aliphatic rings. The second-order valence-electron chi connectivity index (χ2n) is 3.91. The van der Waals surface area contributed by atoms with Crippen molar-refractivity contribution in [2.24, 2.45) is 0 Å². The molecule has 0 aliphatic heterocycles. The van der Waals surface area contributed by atoms with Gasteiger partial charge in [0.1, 0.15) is 0 Å². The summed E-state index contributed by atoms with van der Waals surface area (Å²) in [7, 11) is 0. The van der Waals surface area contributed by atoms with Crippen LogP contribution in [0.15, 0.2) is 54.6 Å². The van der Waals surface area contributed by atoms with Crippen LogP contribution in [0, 0.1) is 0 Å². The molecule has 15 heavy (non-hydrogen) atoms. The van der Waals surface area contributed by atoms with Crippen LogP contribution in [0.2, 0.25) is 0 Å². The topological polar surface area (TPSA) is 0 Å². The van der Waals surface area contributed by atoms with Crippen LogP contribution in [0.1, 0.15) is 26.7 Å². The van der Waals surface area contributed by atoms with E-state index in [9.17, 15) is 0 Å². The Morgan fingerprint density at radius 1 is 0.867 bits per heavy atom. The summed E-state index contributed by atoms with van der Waals surface area (Å²) in [4.78, 5) is 0. The van der Waals surface area contributed by atoms with Gasteiger partial charge in [-0.05, 0) is 22.6 Å². The Hall–Kier alpha value is -1.56. The summed E-state index contributed by atoms with van der Waals surface area (Å²) in [5, 5.41) is 0. The van der Waals surface area contributed by atoms with E-state index in [0.717, 1.165) is 11.1 Å². The molecule has 0 aromatic heterocycles. The predicted molar refractivity (Wildman–Crippen MR) is 66.0 cm³/mol. The van der Waals surface area contributed by atoms with E-state index in [1.807, 2.05) is 50.2 Å². The molecule has 0 radical (unpaired) electrons. The normalized spacial score (nSPS) is 12.3. The van der Waals surface area contributed by atoms with E-state index in [4.69, 9.17) is 1.37 Å². The van der Waals surface area contributed by atoms with E-state index in [2.05, 4.69) is 18.2 Å². The van der Waals surface area contributed by atoms with Gasteiger partial charge >= 0.3 is 0 Å². The van der Waals surface area contributed by atoms with E-state index < -0.39 is 5.89 Å². The van der Waals surface area contributed by atoms with E-state index in [-0.39, 0.29) is 0 Å². The summed E-state index contributed by atoms with van der Waals surface area (Å²) < 4.78 is 8.16. The van der Waals surface area contributed by atoms with Crippen molar-refractivity contribution in [1.29, 1.82) is 0 Å². The van der Waals surface area contributed by atoms with Gasteiger partial charge in [-0.1, -0.05) is 68.4 Å². The van der Waals surface area contributed by atoms with Crippen molar-refractivity contribution in [3.05, 3.63) is 60.2 Å². The van der Waals surface area contributed by atoms with Gasteiger partial charge in [0.05, 0.1) is 0 Å². The summed E-state index contributed by atoms with van der Waals surface area (Å²) in [6, 6.07) is 18.4. The van der Waals surface area contributed by atoms with Gasteiger partial charge in [-0.25, -0.2) is 0 Å². The molecule has 0 fully saturated rings. The Labute approximate surface area is 93.0 Å². The van der Waals surface area contributed by atoms with Crippen molar-refractivity contribution in [1.82, 2.24) is 0 Å². The molecule has 0 atom stereocenters. The summed E-state index contributed by atoms with van der Waals surface area (Å²) in [6.07, 6.45) is 0. The number of rotatable bonds is 2. The molecule has 0 amide bonds. The molecule has 0 heterocycles. The molecule has 0 saturated carbocycles. The SMILES string of the molecule is [2H]C(C)(C)c1ccccc1-c1ccccc1. The van der Waals surface area contributed by atoms with E-state index in [1.54, 1.807) is 0 Å². The van der Waals surface area contributed by atoms with Crippen LogP contribution in [0.25, 0.3) is 11.1 Å². The lowest BCUT2D eigenvalue weighted by molar-refractivity contribution is 0.869. The van der Waals surface area contributed by atoms with Crippen LogP contribution in [-0.2, 0) is 0 Å². The highest BCUT2D eigenvalue weighted by molar-refractivity contribution is 5.67. The largest absolute Gasteiger partial charge is 0.0622 e. The predicted octanol–water partition coefficient (Wildman–Crippen LogP) is 4.48. The second-order valence-corrected chi connectivity index (χ2v) is 3.91. The molecule has 0 bridgehead atoms. The highest BCUT2D eigenvalue weighted by Gasteiger charge is 2.06. The number of hydrogen-bond acceptors (Lipinski definition) is 0. The zero-order valence-electron chi connectivity index (χ0n) is 10.2. The molecule has 0 spiro atoms. The molecular weight excluding hydrogens is 180 g/mol. The quantitative estimate of drug-likeness (QED) is 0.666. The lowest BCUT2D eigenvalue weighted by Crippen LogP contribution is -1.91. The first-order valence-corrected chi connectivity index (χ1v) is 5.24. The first kappa shape index (κ1) is 8.72. The van der Waals surface area contributed by atoms with Gasteiger partial charge in [0.25, 0.3) is 0 Å². The Bertz CT molecular complexity index is 466. The zero-order chi connectivity index (χ0) is 11.6. The smallest absolute Gasteiger partial charge is 0.0347 e. The number of benzene rings is 2. The number of hydrogen-bond donors (Lipinski definition) is 0. The fourth-order valence-corrected chi connectivity index (χ4v) is 1.79. The van der Waals surface area contributed by atoms with Crippen molar-refractivity contribution in [3.8, 4) is 11.1 Å². The molecule has 2 aromatic rings. The van der Waals surface area contributed by atoms with Crippen molar-refractivity contribution < 1.29 is 1.37 Å². The highest BCUT2D eigenvalue weighted by atomic mass is 14.1. The average Bonchev–Trinajstić information content (AvgIpc) is 2.29. The molecule has 0 N–H and O–H groups in total. The summed E-state index contributed by atoms with van der Waals surface area (Å²) in [6.45, 7) is 3.85. The maximum Gasteiger partial charge on any atom is 0.0347 e. The Morgan fingerprint density at radius 2 is 1.47 bits per heavy atom. The van der Waals surface area contributed by atoms with Gasteiger partial charge in [-0.2, -0.15) is 0 Å². The lowest BCUT2D eigenvalue weighted by atomic mass is 9.93. The van der Waals surface area contributed by atoms with Gasteiger partial charge in [-0.15, -0.1) is 0 Å². The standard InChI is InChI=1S/C15H16/c1-12(2)14-10-6-7-11-15(14)13-8-4-3-5-9-13/h3-12H,1-2H3/i12D. The van der Waals surface area contributed by atoms with Crippen LogP contribution in [-0.4, -0.2) is 0 Å². The molecule has 0 aliphatic carbocycles. The average molecular weight is 197 g/mol. The van der Waals surface area contributed by atoms with Gasteiger partial charge in [-0.3, -0.25) is 0 Å². The van der Waals surface area contributed by atoms with Crippen molar-refractivity contribution in [3.63, 3.8) is 0 Å². The van der Waals surface area contributed by atoms with Crippen molar-refractivity contribution in [2.45, 2.75) is 19.7 Å². The Balaban J connectivity index is 2.58. The maximum absolute atomic E-state index is 8.16. The van der Waals surface area contributed by atoms with Crippen LogP contribution in [0.5, 0.6) is 0 Å². The molecule has 76 valence electrons. The first-order chi connectivity index (χ1) is 7.59. The zero-order valence-corrected chi connectivity index (χ0v) is 9.20. The monoisotopic (exact) mass is 197 g/mol. The maximum atomic E-state index is 8.16. The van der Waals surface area contributed by atoms with E-state index in [1.165, 1.54) is 5.56 Å². The van der Waals surface area contributed by atoms with E-state index >= 15 is 0 Å². The molecule has 2 rings (SSSR count). The fraction of sp³-hybridized carbons (Fsp3) is 0.200. The van der Waals surface area contributed by atoms with Crippen LogP contribution < -0.4 is 0 Å².